The zero-order valence-corrected chi connectivity index (χ0v) is 15.0. The minimum atomic E-state index is -1.60. The molecule has 0 saturated carbocycles. The molecular weight excluding hydrogens is 310 g/mol. The molecule has 2 nitrogen and oxygen atoms in total. The average Bonchev–Trinajstić information content (AvgIpc) is 2.59. The van der Waals surface area contributed by atoms with E-state index in [2.05, 4.69) is 13.0 Å². The lowest BCUT2D eigenvalue weighted by atomic mass is 10.1. The Labute approximate surface area is 145 Å². The summed E-state index contributed by atoms with van der Waals surface area (Å²) in [6.45, 7) is 4.40. The Morgan fingerprint density at radius 3 is 2.46 bits per heavy atom. The number of alkyl halides is 2. The summed E-state index contributed by atoms with van der Waals surface area (Å²) in [5.74, 6) is 1.07. The highest BCUT2D eigenvalue weighted by Crippen LogP contribution is 2.20. The molecule has 0 aliphatic carbocycles. The second-order valence-electron chi connectivity index (χ2n) is 6.14. The van der Waals surface area contributed by atoms with Crippen LogP contribution in [0.1, 0.15) is 65.2 Å². The highest BCUT2D eigenvalue weighted by Gasteiger charge is 2.20. The average molecular weight is 341 g/mol. The van der Waals surface area contributed by atoms with Crippen molar-refractivity contribution in [2.45, 2.75) is 77.6 Å². The molecule has 0 saturated heterocycles. The van der Waals surface area contributed by atoms with Crippen molar-refractivity contribution in [3.8, 4) is 11.5 Å². The van der Waals surface area contributed by atoms with Crippen LogP contribution in [0.15, 0.2) is 18.2 Å². The van der Waals surface area contributed by atoms with Gasteiger partial charge in [-0.15, -0.1) is 0 Å². The van der Waals surface area contributed by atoms with Gasteiger partial charge >= 0.3 is 0 Å². The van der Waals surface area contributed by atoms with E-state index in [4.69, 9.17) is 9.47 Å². The van der Waals surface area contributed by atoms with E-state index >= 15 is 0 Å². The second kappa shape index (κ2) is 13.0. The Balaban J connectivity index is 2.25. The third-order valence-electron chi connectivity index (χ3n) is 3.87. The summed E-state index contributed by atoms with van der Waals surface area (Å²) in [6.07, 6.45) is 5.02. The predicted molar refractivity (Wildman–Crippen MR) is 94.3 cm³/mol. The van der Waals surface area contributed by atoms with E-state index in [1.165, 1.54) is 25.7 Å². The Hall–Kier alpha value is -1.32. The first-order valence-corrected chi connectivity index (χ1v) is 9.22. The van der Waals surface area contributed by atoms with Crippen LogP contribution in [-0.2, 0) is 0 Å². The lowest BCUT2D eigenvalue weighted by molar-refractivity contribution is 0.103. The molecule has 0 heterocycles. The zero-order chi connectivity index (χ0) is 17.6. The highest BCUT2D eigenvalue weighted by atomic mass is 19.2. The topological polar surface area (TPSA) is 18.5 Å². The van der Waals surface area contributed by atoms with Crippen molar-refractivity contribution >= 4 is 0 Å². The molecule has 0 bridgehead atoms. The van der Waals surface area contributed by atoms with Crippen molar-refractivity contribution in [3.63, 3.8) is 0 Å². The molecule has 1 aromatic rings. The third-order valence-corrected chi connectivity index (χ3v) is 3.87. The number of hydrogen-bond acceptors (Lipinski definition) is 2. The minimum Gasteiger partial charge on any atom is -0.493 e. The van der Waals surface area contributed by atoms with Crippen LogP contribution in [-0.4, -0.2) is 25.6 Å². The van der Waals surface area contributed by atoms with E-state index in [0.29, 0.717) is 24.5 Å². The molecule has 1 rings (SSSR count). The predicted octanol–water partition coefficient (Wildman–Crippen LogP) is 6.08. The second-order valence-corrected chi connectivity index (χ2v) is 6.14. The van der Waals surface area contributed by atoms with Gasteiger partial charge in [-0.3, -0.25) is 0 Å². The van der Waals surface area contributed by atoms with Gasteiger partial charge in [0.05, 0.1) is 6.61 Å². The van der Waals surface area contributed by atoms with Gasteiger partial charge in [-0.1, -0.05) is 52.4 Å². The number of hydrogen-bond donors (Lipinski definition) is 0. The van der Waals surface area contributed by atoms with E-state index in [1.807, 2.05) is 6.92 Å². The number of unbranched alkanes of at least 4 members (excludes halogenated alkanes) is 5. The van der Waals surface area contributed by atoms with Crippen LogP contribution in [0.25, 0.3) is 0 Å². The summed E-state index contributed by atoms with van der Waals surface area (Å²) in [5, 5.41) is 0. The molecule has 1 aromatic carbocycles. The highest BCUT2D eigenvalue weighted by molar-refractivity contribution is 5.31. The maximum atomic E-state index is 13.6. The zero-order valence-electron chi connectivity index (χ0n) is 15.0. The van der Waals surface area contributed by atoms with Gasteiger partial charge in [0.1, 0.15) is 24.3 Å². The van der Waals surface area contributed by atoms with Gasteiger partial charge in [0, 0.05) is 12.1 Å². The maximum Gasteiger partial charge on any atom is 0.165 e. The fourth-order valence-electron chi connectivity index (χ4n) is 2.40. The van der Waals surface area contributed by atoms with Crippen molar-refractivity contribution < 1.29 is 18.3 Å². The quantitative estimate of drug-likeness (QED) is 0.382. The molecule has 4 heteroatoms. The SMILES string of the molecule is CCCCCCCCOc1[c]ccc(OC[C@H](F)[C@@H](F)CCC)c1. The largest absolute Gasteiger partial charge is 0.493 e. The lowest BCUT2D eigenvalue weighted by Crippen LogP contribution is -2.24. The summed E-state index contributed by atoms with van der Waals surface area (Å²) < 4.78 is 38.0. The van der Waals surface area contributed by atoms with Crippen LogP contribution in [0, 0.1) is 6.07 Å². The van der Waals surface area contributed by atoms with Crippen LogP contribution in [0.5, 0.6) is 11.5 Å². The van der Waals surface area contributed by atoms with Crippen molar-refractivity contribution in [3.05, 3.63) is 24.3 Å². The molecule has 24 heavy (non-hydrogen) atoms. The van der Waals surface area contributed by atoms with Gasteiger partial charge in [0.25, 0.3) is 0 Å². The Morgan fingerprint density at radius 2 is 1.71 bits per heavy atom. The molecule has 2 atom stereocenters. The Morgan fingerprint density at radius 1 is 0.958 bits per heavy atom. The fraction of sp³-hybridized carbons (Fsp3) is 0.700. The van der Waals surface area contributed by atoms with E-state index < -0.39 is 12.3 Å². The molecule has 137 valence electrons. The molecule has 1 radical (unpaired) electrons. The Bertz CT molecular complexity index is 426. The van der Waals surface area contributed by atoms with Crippen molar-refractivity contribution in [2.75, 3.05) is 13.2 Å². The molecule has 0 fully saturated rings. The van der Waals surface area contributed by atoms with Gasteiger partial charge in [0.15, 0.2) is 6.17 Å². The van der Waals surface area contributed by atoms with Crippen LogP contribution in [0.2, 0.25) is 0 Å². The number of ether oxygens (including phenoxy) is 2. The van der Waals surface area contributed by atoms with Crippen molar-refractivity contribution in [1.82, 2.24) is 0 Å². The standard InChI is InChI=1S/C20H31F2O2/c1-3-5-6-7-8-9-14-23-17-12-10-13-18(15-17)24-16-20(22)19(21)11-4-2/h10,13,15,19-20H,3-9,11,14,16H2,1-2H3/t19-,20-/m0/s1. The molecule has 0 aliphatic heterocycles. The first kappa shape index (κ1) is 20.7. The minimum absolute atomic E-state index is 0.222. The van der Waals surface area contributed by atoms with E-state index in [0.717, 1.165) is 12.8 Å². The first-order valence-electron chi connectivity index (χ1n) is 9.22. The molecule has 0 amide bonds. The third kappa shape index (κ3) is 9.09. The van der Waals surface area contributed by atoms with Crippen LogP contribution < -0.4 is 9.47 Å². The normalized spacial score (nSPS) is 13.5. The summed E-state index contributed by atoms with van der Waals surface area (Å²) in [4.78, 5) is 0. The Kier molecular flexibility index (Phi) is 11.2. The molecule has 0 aliphatic rings. The fourth-order valence-corrected chi connectivity index (χ4v) is 2.40. The summed E-state index contributed by atoms with van der Waals surface area (Å²) in [5.41, 5.74) is 0. The van der Waals surface area contributed by atoms with E-state index in [-0.39, 0.29) is 13.0 Å². The van der Waals surface area contributed by atoms with Gasteiger partial charge in [0.2, 0.25) is 0 Å². The van der Waals surface area contributed by atoms with E-state index in [1.54, 1.807) is 18.2 Å². The number of rotatable bonds is 14. The van der Waals surface area contributed by atoms with E-state index in [9.17, 15) is 8.78 Å². The maximum absolute atomic E-state index is 13.6. The van der Waals surface area contributed by atoms with Gasteiger partial charge in [-0.05, 0) is 25.0 Å². The van der Waals surface area contributed by atoms with Gasteiger partial charge in [-0.25, -0.2) is 8.78 Å². The molecule has 0 unspecified atom stereocenters. The molecule has 0 N–H and O–H groups in total. The van der Waals surface area contributed by atoms with Crippen molar-refractivity contribution in [1.29, 1.82) is 0 Å². The summed E-state index contributed by atoms with van der Waals surface area (Å²) in [7, 11) is 0. The molecular formula is C20H31F2O2. The number of halogens is 2. The first-order chi connectivity index (χ1) is 11.7. The van der Waals surface area contributed by atoms with Crippen molar-refractivity contribution in [2.24, 2.45) is 0 Å². The monoisotopic (exact) mass is 341 g/mol. The molecule has 0 spiro atoms. The van der Waals surface area contributed by atoms with Gasteiger partial charge in [-0.2, -0.15) is 0 Å². The molecule has 0 aromatic heterocycles. The lowest BCUT2D eigenvalue weighted by Gasteiger charge is -2.14. The number of benzene rings is 1. The summed E-state index contributed by atoms with van der Waals surface area (Å²) >= 11 is 0. The smallest absolute Gasteiger partial charge is 0.165 e. The van der Waals surface area contributed by atoms with Crippen LogP contribution in [0.4, 0.5) is 8.78 Å². The summed E-state index contributed by atoms with van der Waals surface area (Å²) in [6, 6.07) is 8.01. The van der Waals surface area contributed by atoms with Crippen LogP contribution in [0.3, 0.4) is 0 Å². The van der Waals surface area contributed by atoms with Gasteiger partial charge < -0.3 is 9.47 Å². The van der Waals surface area contributed by atoms with Crippen LogP contribution >= 0.6 is 0 Å².